The van der Waals surface area contributed by atoms with Crippen molar-refractivity contribution >= 4 is 36.8 Å². The number of nitrogens with one attached hydrogen (secondary N) is 1. The monoisotopic (exact) mass is 406 g/mol. The predicted molar refractivity (Wildman–Crippen MR) is 101 cm³/mol. The van der Waals surface area contributed by atoms with Crippen LogP contribution in [-0.2, 0) is 0 Å². The summed E-state index contributed by atoms with van der Waals surface area (Å²) in [6.45, 7) is 6.65. The molecule has 0 aliphatic carbocycles. The summed E-state index contributed by atoms with van der Waals surface area (Å²) in [4.78, 5) is 11.8. The Hall–Kier alpha value is -1.50. The van der Waals surface area contributed by atoms with E-state index in [1.54, 1.807) is 0 Å². The van der Waals surface area contributed by atoms with Crippen LogP contribution in [0.4, 0.5) is 11.5 Å². The third-order valence-corrected chi connectivity index (χ3v) is 6.07. The van der Waals surface area contributed by atoms with Crippen molar-refractivity contribution in [2.75, 3.05) is 23.3 Å². The Morgan fingerprint density at radius 3 is 3.05 bits per heavy atom. The van der Waals surface area contributed by atoms with Crippen LogP contribution in [0.25, 0.3) is 11.3 Å². The highest BCUT2D eigenvalue weighted by atomic mass is 127. The van der Waals surface area contributed by atoms with Crippen molar-refractivity contribution < 1.29 is 0 Å². The SMILES string of the molecule is C=Ic1cc(-c2nc3c(c(C)c2C)N2CC[C@@H](C2)N3)ccn1. The highest BCUT2D eigenvalue weighted by Gasteiger charge is 2.33. The summed E-state index contributed by atoms with van der Waals surface area (Å²) in [6.07, 6.45) is 3.08. The fourth-order valence-corrected chi connectivity index (χ4v) is 4.36. The number of hydrogen-bond acceptors (Lipinski definition) is 4. The molecule has 0 amide bonds. The Labute approximate surface area is 140 Å². The highest BCUT2D eigenvalue weighted by Crippen LogP contribution is 2.40. The number of halogens is 1. The van der Waals surface area contributed by atoms with Gasteiger partial charge in [0.05, 0.1) is 15.1 Å². The molecule has 1 N–H and O–H groups in total. The van der Waals surface area contributed by atoms with Crippen molar-refractivity contribution in [3.63, 3.8) is 0 Å². The second-order valence-electron chi connectivity index (χ2n) is 5.98. The first-order valence-corrected chi connectivity index (χ1v) is 10.2. The van der Waals surface area contributed by atoms with Crippen LogP contribution in [0.1, 0.15) is 17.5 Å². The van der Waals surface area contributed by atoms with Gasteiger partial charge in [-0.05, 0) is 43.5 Å². The molecule has 0 saturated carbocycles. The number of anilines is 2. The van der Waals surface area contributed by atoms with Gasteiger partial charge in [0.15, 0.2) is 5.82 Å². The maximum atomic E-state index is 4.97. The molecule has 2 bridgehead atoms. The van der Waals surface area contributed by atoms with Crippen molar-refractivity contribution in [1.82, 2.24) is 9.97 Å². The van der Waals surface area contributed by atoms with E-state index in [0.29, 0.717) is 6.04 Å². The predicted octanol–water partition coefficient (Wildman–Crippen LogP) is 3.34. The van der Waals surface area contributed by atoms with Gasteiger partial charge < -0.3 is 10.2 Å². The van der Waals surface area contributed by atoms with Crippen LogP contribution >= 0.6 is 20.7 Å². The average Bonchev–Trinajstić information content (AvgIpc) is 2.92. The Morgan fingerprint density at radius 1 is 1.36 bits per heavy atom. The zero-order valence-electron chi connectivity index (χ0n) is 12.9. The van der Waals surface area contributed by atoms with Gasteiger partial charge in [-0.3, -0.25) is 4.98 Å². The molecule has 2 aromatic heterocycles. The second kappa shape index (κ2) is 5.30. The molecule has 2 aliphatic heterocycles. The van der Waals surface area contributed by atoms with Crippen molar-refractivity contribution in [2.45, 2.75) is 26.3 Å². The number of hydrogen-bond donors (Lipinski definition) is 1. The van der Waals surface area contributed by atoms with Crippen molar-refractivity contribution in [3.05, 3.63) is 33.2 Å². The van der Waals surface area contributed by atoms with E-state index in [1.165, 1.54) is 23.2 Å². The third-order valence-electron chi connectivity index (χ3n) is 4.70. The number of aromatic nitrogens is 2. The first kappa shape index (κ1) is 14.1. The summed E-state index contributed by atoms with van der Waals surface area (Å²) in [5.74, 6) is 1.05. The molecule has 1 saturated heterocycles. The molecule has 1 atom stereocenters. The summed E-state index contributed by atoms with van der Waals surface area (Å²) < 4.78 is 5.15. The first-order valence-electron chi connectivity index (χ1n) is 7.55. The van der Waals surface area contributed by atoms with E-state index in [-0.39, 0.29) is 20.7 Å². The average molecular weight is 406 g/mol. The van der Waals surface area contributed by atoms with Crippen LogP contribution in [0.15, 0.2) is 18.3 Å². The van der Waals surface area contributed by atoms with Gasteiger partial charge in [0.1, 0.15) is 0 Å². The highest BCUT2D eigenvalue weighted by molar-refractivity contribution is 14.2. The molecule has 0 spiro atoms. The maximum Gasteiger partial charge on any atom is 0.150 e. The molecular weight excluding hydrogens is 387 g/mol. The Morgan fingerprint density at radius 2 is 2.23 bits per heavy atom. The molecule has 5 heteroatoms. The molecule has 114 valence electrons. The summed E-state index contributed by atoms with van der Waals surface area (Å²) in [6, 6.07) is 4.76. The lowest BCUT2D eigenvalue weighted by Crippen LogP contribution is -2.33. The molecule has 4 nitrogen and oxygen atoms in total. The maximum absolute atomic E-state index is 4.97. The molecule has 0 unspecified atom stereocenters. The normalized spacial score (nSPS) is 19.0. The van der Waals surface area contributed by atoms with Gasteiger partial charge in [-0.15, -0.1) is 0 Å². The van der Waals surface area contributed by atoms with Gasteiger partial charge in [0.25, 0.3) is 0 Å². The lowest BCUT2D eigenvalue weighted by Gasteiger charge is -2.31. The van der Waals surface area contributed by atoms with Crippen molar-refractivity contribution in [2.24, 2.45) is 0 Å². The molecule has 0 aromatic carbocycles. The van der Waals surface area contributed by atoms with E-state index in [2.05, 4.69) is 45.7 Å². The molecule has 2 aromatic rings. The van der Waals surface area contributed by atoms with Crippen LogP contribution < -0.4 is 10.2 Å². The largest absolute Gasteiger partial charge is 0.366 e. The minimum Gasteiger partial charge on any atom is -0.366 e. The molecule has 4 heterocycles. The fourth-order valence-electron chi connectivity index (χ4n) is 3.45. The summed E-state index contributed by atoms with van der Waals surface area (Å²) in [7, 11) is 0. The van der Waals surface area contributed by atoms with Gasteiger partial charge in [-0.25, -0.2) is 4.98 Å². The summed E-state index contributed by atoms with van der Waals surface area (Å²) in [5.41, 5.74) is 6.15. The molecule has 2 aliphatic rings. The minimum absolute atomic E-state index is 0.245. The van der Waals surface area contributed by atoms with Crippen molar-refractivity contribution in [1.29, 1.82) is 0 Å². The van der Waals surface area contributed by atoms with Gasteiger partial charge in [0, 0.05) is 30.9 Å². The lowest BCUT2D eigenvalue weighted by molar-refractivity contribution is 0.786. The van der Waals surface area contributed by atoms with Crippen LogP contribution in [-0.4, -0.2) is 33.6 Å². The van der Waals surface area contributed by atoms with E-state index >= 15 is 0 Å². The van der Waals surface area contributed by atoms with Crippen LogP contribution in [0.5, 0.6) is 0 Å². The number of rotatable bonds is 2. The topological polar surface area (TPSA) is 41.1 Å². The first-order chi connectivity index (χ1) is 10.7. The Kier molecular flexibility index (Phi) is 3.40. The van der Waals surface area contributed by atoms with Gasteiger partial charge in [0.2, 0.25) is 0 Å². The van der Waals surface area contributed by atoms with Gasteiger partial charge in [-0.1, -0.05) is 25.2 Å². The third kappa shape index (κ3) is 2.14. The van der Waals surface area contributed by atoms with Gasteiger partial charge >= 0.3 is 0 Å². The lowest BCUT2D eigenvalue weighted by atomic mass is 10.0. The smallest absolute Gasteiger partial charge is 0.150 e. The summed E-state index contributed by atoms with van der Waals surface area (Å²) >= 11 is -0.245. The van der Waals surface area contributed by atoms with Crippen LogP contribution in [0.3, 0.4) is 0 Å². The quantitative estimate of drug-likeness (QED) is 0.614. The number of pyridine rings is 2. The molecule has 22 heavy (non-hydrogen) atoms. The minimum atomic E-state index is -0.245. The van der Waals surface area contributed by atoms with E-state index in [9.17, 15) is 0 Å². The standard InChI is InChI=1S/C17H19IN4/c1-10-11(2)16-17(20-13-5-7-22(16)9-13)21-15(10)12-4-6-19-14(8-12)18-3/h4,6,8,13H,3,5,7,9H2,1-2H3,(H,20,21)/t13-/m0/s1. The van der Waals surface area contributed by atoms with Gasteiger partial charge in [-0.2, -0.15) is 0 Å². The van der Waals surface area contributed by atoms with E-state index in [4.69, 9.17) is 4.98 Å². The number of nitrogens with zero attached hydrogens (tertiary/aromatic N) is 3. The number of fused-ring (bicyclic) bond motifs is 4. The molecular formula is C17H19IN4. The molecule has 4 rings (SSSR count). The zero-order chi connectivity index (χ0) is 15.3. The zero-order valence-corrected chi connectivity index (χ0v) is 15.0. The Balaban J connectivity index is 1.89. The summed E-state index contributed by atoms with van der Waals surface area (Å²) in [5, 5.41) is 3.62. The van der Waals surface area contributed by atoms with E-state index in [1.807, 2.05) is 6.20 Å². The van der Waals surface area contributed by atoms with E-state index < -0.39 is 0 Å². The molecule has 0 radical (unpaired) electrons. The fraction of sp³-hybridized carbons (Fsp3) is 0.353. The Bertz CT molecular complexity index is 771. The van der Waals surface area contributed by atoms with Crippen LogP contribution in [0.2, 0.25) is 0 Å². The van der Waals surface area contributed by atoms with Crippen molar-refractivity contribution in [3.8, 4) is 11.3 Å². The molecule has 1 fully saturated rings. The van der Waals surface area contributed by atoms with Crippen LogP contribution in [0, 0.1) is 17.5 Å². The van der Waals surface area contributed by atoms with E-state index in [0.717, 1.165) is 33.9 Å². The second-order valence-corrected chi connectivity index (χ2v) is 7.85.